The maximum atomic E-state index is 13.3. The van der Waals surface area contributed by atoms with Crippen molar-refractivity contribution in [3.63, 3.8) is 0 Å². The van der Waals surface area contributed by atoms with Crippen LogP contribution in [-0.2, 0) is 22.9 Å². The molecule has 27 heavy (non-hydrogen) atoms. The highest BCUT2D eigenvalue weighted by atomic mass is 127. The summed E-state index contributed by atoms with van der Waals surface area (Å²) in [4.78, 5) is 4.80. The molecule has 0 aliphatic carbocycles. The molecule has 0 saturated heterocycles. The molecule has 148 valence electrons. The summed E-state index contributed by atoms with van der Waals surface area (Å²) in [6, 6.07) is 11.7. The Balaban J connectivity index is 0.00000364. The van der Waals surface area contributed by atoms with Crippen LogP contribution in [0.2, 0.25) is 0 Å². The first kappa shape index (κ1) is 23.4. The van der Waals surface area contributed by atoms with E-state index < -0.39 is 9.84 Å². The Morgan fingerprint density at radius 2 is 1.70 bits per heavy atom. The Morgan fingerprint density at radius 3 is 2.26 bits per heavy atom. The van der Waals surface area contributed by atoms with Gasteiger partial charge in [-0.15, -0.1) is 24.0 Å². The van der Waals surface area contributed by atoms with Crippen molar-refractivity contribution in [2.75, 3.05) is 12.8 Å². The zero-order valence-electron chi connectivity index (χ0n) is 15.6. The summed E-state index contributed by atoms with van der Waals surface area (Å²) in [5.41, 5.74) is 2.47. The third-order valence-corrected chi connectivity index (χ3v) is 4.93. The largest absolute Gasteiger partial charge is 0.357 e. The molecule has 0 aliphatic rings. The van der Waals surface area contributed by atoms with Crippen LogP contribution in [0, 0.1) is 12.7 Å². The van der Waals surface area contributed by atoms with Gasteiger partial charge in [0.15, 0.2) is 15.8 Å². The quantitative estimate of drug-likeness (QED) is 0.359. The van der Waals surface area contributed by atoms with Crippen LogP contribution in [0.3, 0.4) is 0 Å². The normalized spacial score (nSPS) is 11.6. The van der Waals surface area contributed by atoms with E-state index in [1.165, 1.54) is 12.3 Å². The second-order valence-corrected chi connectivity index (χ2v) is 8.06. The fourth-order valence-corrected chi connectivity index (χ4v) is 2.99. The topological polar surface area (TPSA) is 70.6 Å². The van der Waals surface area contributed by atoms with Gasteiger partial charge in [0, 0.05) is 19.3 Å². The number of aliphatic imine (C=N–C) groups is 1. The molecule has 0 radical (unpaired) electrons. The molecule has 5 nitrogen and oxygen atoms in total. The lowest BCUT2D eigenvalue weighted by Crippen LogP contribution is -2.36. The fraction of sp³-hybridized carbons (Fsp3) is 0.316. The summed E-state index contributed by atoms with van der Waals surface area (Å²) < 4.78 is 36.3. The van der Waals surface area contributed by atoms with Gasteiger partial charge in [0.2, 0.25) is 0 Å². The average molecular weight is 505 g/mol. The molecular formula is C19H25FIN3O2S. The van der Waals surface area contributed by atoms with Crippen molar-refractivity contribution < 1.29 is 12.8 Å². The zero-order chi connectivity index (χ0) is 19.2. The number of nitrogens with one attached hydrogen (secondary N) is 2. The van der Waals surface area contributed by atoms with Gasteiger partial charge in [-0.05, 0) is 48.7 Å². The van der Waals surface area contributed by atoms with Crippen molar-refractivity contribution in [1.29, 1.82) is 0 Å². The van der Waals surface area contributed by atoms with Gasteiger partial charge in [-0.25, -0.2) is 17.8 Å². The number of halogens is 2. The smallest absolute Gasteiger partial charge is 0.191 e. The first-order chi connectivity index (χ1) is 12.3. The van der Waals surface area contributed by atoms with Crippen LogP contribution in [0.5, 0.6) is 0 Å². The Bertz CT molecular complexity index is 884. The number of hydrogen-bond acceptors (Lipinski definition) is 3. The molecule has 2 N–H and O–H groups in total. The van der Waals surface area contributed by atoms with Crippen molar-refractivity contribution in [2.24, 2.45) is 4.99 Å². The van der Waals surface area contributed by atoms with E-state index in [-0.39, 0.29) is 29.8 Å². The molecule has 0 aliphatic heterocycles. The number of rotatable bonds is 6. The standard InChI is InChI=1S/C19H24FN3O2S.HI/c1-4-21-19(23-13-16-7-10-18(20)14(2)11-16)22-12-15-5-8-17(9-6-15)26(3,24)25;/h5-11H,4,12-13H2,1-3H3,(H2,21,22,23);1H. The predicted octanol–water partition coefficient (Wildman–Crippen LogP) is 3.41. The Labute approximate surface area is 177 Å². The van der Waals surface area contributed by atoms with E-state index in [4.69, 9.17) is 0 Å². The van der Waals surface area contributed by atoms with Crippen molar-refractivity contribution >= 4 is 39.8 Å². The summed E-state index contributed by atoms with van der Waals surface area (Å²) in [5, 5.41) is 6.36. The fourth-order valence-electron chi connectivity index (χ4n) is 2.36. The molecule has 0 bridgehead atoms. The van der Waals surface area contributed by atoms with Crippen molar-refractivity contribution in [1.82, 2.24) is 10.6 Å². The molecule has 0 fully saturated rings. The molecule has 0 atom stereocenters. The molecule has 0 saturated carbocycles. The molecular weight excluding hydrogens is 480 g/mol. The minimum atomic E-state index is -3.19. The number of aryl methyl sites for hydroxylation is 1. The molecule has 2 rings (SSSR count). The van der Waals surface area contributed by atoms with Crippen LogP contribution in [-0.4, -0.2) is 27.2 Å². The van der Waals surface area contributed by atoms with Crippen molar-refractivity contribution in [3.05, 3.63) is 65.0 Å². The predicted molar refractivity (Wildman–Crippen MR) is 118 cm³/mol. The van der Waals surface area contributed by atoms with Gasteiger partial charge in [-0.3, -0.25) is 0 Å². The van der Waals surface area contributed by atoms with Gasteiger partial charge in [-0.1, -0.05) is 24.3 Å². The molecule has 2 aromatic rings. The van der Waals surface area contributed by atoms with E-state index in [9.17, 15) is 12.8 Å². The van der Waals surface area contributed by atoms with Crippen LogP contribution in [0.4, 0.5) is 4.39 Å². The highest BCUT2D eigenvalue weighted by Gasteiger charge is 2.06. The van der Waals surface area contributed by atoms with Crippen molar-refractivity contribution in [2.45, 2.75) is 31.8 Å². The van der Waals surface area contributed by atoms with Crippen LogP contribution in [0.25, 0.3) is 0 Å². The summed E-state index contributed by atoms with van der Waals surface area (Å²) in [7, 11) is -3.19. The lowest BCUT2D eigenvalue weighted by atomic mass is 10.1. The minimum absolute atomic E-state index is 0. The van der Waals surface area contributed by atoms with Gasteiger partial charge in [-0.2, -0.15) is 0 Å². The Hall–Kier alpha value is -1.68. The second kappa shape index (κ2) is 10.6. The average Bonchev–Trinajstić information content (AvgIpc) is 2.60. The van der Waals surface area contributed by atoms with Crippen LogP contribution < -0.4 is 10.6 Å². The summed E-state index contributed by atoms with van der Waals surface area (Å²) in [6.07, 6.45) is 1.19. The lowest BCUT2D eigenvalue weighted by Gasteiger charge is -2.12. The first-order valence-electron chi connectivity index (χ1n) is 8.36. The number of guanidine groups is 1. The van der Waals surface area contributed by atoms with Crippen molar-refractivity contribution in [3.8, 4) is 0 Å². The van der Waals surface area contributed by atoms with Crippen LogP contribution in [0.15, 0.2) is 52.4 Å². The molecule has 0 spiro atoms. The highest BCUT2D eigenvalue weighted by molar-refractivity contribution is 14.0. The number of sulfone groups is 1. The lowest BCUT2D eigenvalue weighted by molar-refractivity contribution is 0.602. The maximum absolute atomic E-state index is 13.3. The monoisotopic (exact) mass is 505 g/mol. The first-order valence-corrected chi connectivity index (χ1v) is 10.2. The van der Waals surface area contributed by atoms with E-state index in [1.807, 2.05) is 6.92 Å². The van der Waals surface area contributed by atoms with E-state index in [1.54, 1.807) is 43.3 Å². The third kappa shape index (κ3) is 7.45. The Morgan fingerprint density at radius 1 is 1.07 bits per heavy atom. The van der Waals surface area contributed by atoms with E-state index in [0.717, 1.165) is 11.1 Å². The number of benzene rings is 2. The molecule has 0 unspecified atom stereocenters. The summed E-state index contributed by atoms with van der Waals surface area (Å²) in [6.45, 7) is 5.36. The van der Waals surface area contributed by atoms with Gasteiger partial charge >= 0.3 is 0 Å². The van der Waals surface area contributed by atoms with E-state index in [0.29, 0.717) is 36.1 Å². The van der Waals surface area contributed by atoms with E-state index in [2.05, 4.69) is 15.6 Å². The van der Waals surface area contributed by atoms with Crippen LogP contribution >= 0.6 is 24.0 Å². The third-order valence-electron chi connectivity index (χ3n) is 3.80. The van der Waals surface area contributed by atoms with Gasteiger partial charge in [0.1, 0.15) is 5.82 Å². The molecule has 0 amide bonds. The van der Waals surface area contributed by atoms with Gasteiger partial charge in [0.25, 0.3) is 0 Å². The second-order valence-electron chi connectivity index (χ2n) is 6.05. The molecule has 0 aromatic heterocycles. The molecule has 8 heteroatoms. The summed E-state index contributed by atoms with van der Waals surface area (Å²) >= 11 is 0. The number of hydrogen-bond donors (Lipinski definition) is 2. The zero-order valence-corrected chi connectivity index (χ0v) is 18.8. The van der Waals surface area contributed by atoms with Gasteiger partial charge in [0.05, 0.1) is 11.4 Å². The summed E-state index contributed by atoms with van der Waals surface area (Å²) in [5.74, 6) is 0.418. The molecule has 0 heterocycles. The minimum Gasteiger partial charge on any atom is -0.357 e. The van der Waals surface area contributed by atoms with Crippen LogP contribution in [0.1, 0.15) is 23.6 Å². The molecule has 2 aromatic carbocycles. The highest BCUT2D eigenvalue weighted by Crippen LogP contribution is 2.11. The number of nitrogens with zero attached hydrogens (tertiary/aromatic N) is 1. The van der Waals surface area contributed by atoms with Gasteiger partial charge < -0.3 is 10.6 Å². The maximum Gasteiger partial charge on any atom is 0.191 e. The van der Waals surface area contributed by atoms with E-state index >= 15 is 0 Å². The Kier molecular flexibility index (Phi) is 9.17. The SMILES string of the molecule is CCNC(=NCc1ccc(F)c(C)c1)NCc1ccc(S(C)(=O)=O)cc1.I.